The van der Waals surface area contributed by atoms with Crippen LogP contribution in [0.1, 0.15) is 12.8 Å². The van der Waals surface area contributed by atoms with Crippen molar-refractivity contribution in [1.29, 1.82) is 0 Å². The van der Waals surface area contributed by atoms with Crippen LogP contribution in [0.4, 0.5) is 5.13 Å². The van der Waals surface area contributed by atoms with Crippen LogP contribution in [0.5, 0.6) is 0 Å². The van der Waals surface area contributed by atoms with E-state index in [2.05, 4.69) is 4.98 Å². The number of amides is 1. The van der Waals surface area contributed by atoms with Gasteiger partial charge in [-0.15, -0.1) is 11.3 Å². The molecule has 18 heavy (non-hydrogen) atoms. The van der Waals surface area contributed by atoms with Crippen molar-refractivity contribution in [2.45, 2.75) is 12.8 Å². The lowest BCUT2D eigenvalue weighted by Crippen LogP contribution is -2.23. The van der Waals surface area contributed by atoms with Gasteiger partial charge in [0.05, 0.1) is 5.69 Å². The van der Waals surface area contributed by atoms with Crippen LogP contribution in [0.2, 0.25) is 5.02 Å². The van der Waals surface area contributed by atoms with E-state index < -0.39 is 0 Å². The third kappa shape index (κ3) is 2.13. The maximum absolute atomic E-state index is 11.6. The first-order chi connectivity index (χ1) is 8.74. The molecule has 0 radical (unpaired) electrons. The zero-order valence-corrected chi connectivity index (χ0v) is 11.2. The van der Waals surface area contributed by atoms with Gasteiger partial charge in [-0.3, -0.25) is 9.69 Å². The Labute approximate surface area is 114 Å². The van der Waals surface area contributed by atoms with Crippen LogP contribution in [0.15, 0.2) is 29.6 Å². The second kappa shape index (κ2) is 4.71. The number of halogens is 1. The Bertz CT molecular complexity index is 579. The summed E-state index contributed by atoms with van der Waals surface area (Å²) < 4.78 is 0. The number of hydrogen-bond donors (Lipinski definition) is 0. The van der Waals surface area contributed by atoms with Crippen molar-refractivity contribution >= 4 is 34.0 Å². The minimum atomic E-state index is 0.173. The number of aromatic nitrogens is 1. The molecule has 1 aromatic carbocycles. The van der Waals surface area contributed by atoms with E-state index in [1.54, 1.807) is 4.90 Å². The molecule has 0 bridgehead atoms. The Morgan fingerprint density at radius 1 is 1.28 bits per heavy atom. The molecule has 1 amide bonds. The summed E-state index contributed by atoms with van der Waals surface area (Å²) in [6, 6.07) is 7.56. The second-order valence-corrected chi connectivity index (χ2v) is 5.44. The molecule has 3 nitrogen and oxygen atoms in total. The fourth-order valence-corrected chi connectivity index (χ4v) is 3.00. The molecule has 0 N–H and O–H groups in total. The Morgan fingerprint density at radius 3 is 2.72 bits per heavy atom. The Hall–Kier alpha value is -1.39. The van der Waals surface area contributed by atoms with E-state index in [9.17, 15) is 4.79 Å². The van der Waals surface area contributed by atoms with Crippen LogP contribution in [-0.4, -0.2) is 17.4 Å². The van der Waals surface area contributed by atoms with Crippen molar-refractivity contribution in [3.05, 3.63) is 34.7 Å². The van der Waals surface area contributed by atoms with Gasteiger partial charge in [-0.25, -0.2) is 4.98 Å². The molecule has 92 valence electrons. The van der Waals surface area contributed by atoms with E-state index in [-0.39, 0.29) is 5.91 Å². The predicted octanol–water partition coefficient (Wildman–Crippen LogP) is 3.59. The Balaban J connectivity index is 1.89. The van der Waals surface area contributed by atoms with Crippen molar-refractivity contribution in [3.8, 4) is 11.3 Å². The van der Waals surface area contributed by atoms with Gasteiger partial charge in [0, 0.05) is 28.9 Å². The highest BCUT2D eigenvalue weighted by atomic mass is 35.5. The summed E-state index contributed by atoms with van der Waals surface area (Å²) >= 11 is 7.37. The van der Waals surface area contributed by atoms with Crippen LogP contribution in [0.25, 0.3) is 11.3 Å². The number of carbonyl (C=O) groups is 1. The average Bonchev–Trinajstić information content (AvgIpc) is 2.98. The molecule has 0 atom stereocenters. The standard InChI is InChI=1S/C13H11ClN2OS/c14-10-5-3-9(4-6-10)11-8-18-13(15-11)16-7-1-2-12(16)17/h3-6,8H,1-2,7H2. The molecule has 1 fully saturated rings. The highest BCUT2D eigenvalue weighted by Gasteiger charge is 2.24. The zero-order chi connectivity index (χ0) is 12.5. The van der Waals surface area contributed by atoms with Gasteiger partial charge < -0.3 is 0 Å². The van der Waals surface area contributed by atoms with E-state index in [1.165, 1.54) is 11.3 Å². The van der Waals surface area contributed by atoms with Crippen LogP contribution >= 0.6 is 22.9 Å². The molecule has 0 spiro atoms. The van der Waals surface area contributed by atoms with Crippen LogP contribution in [0.3, 0.4) is 0 Å². The topological polar surface area (TPSA) is 33.2 Å². The molecule has 1 aliphatic heterocycles. The highest BCUT2D eigenvalue weighted by molar-refractivity contribution is 7.14. The molecule has 2 heterocycles. The summed E-state index contributed by atoms with van der Waals surface area (Å²) in [5.74, 6) is 0.173. The summed E-state index contributed by atoms with van der Waals surface area (Å²) in [6.07, 6.45) is 1.56. The Kier molecular flexibility index (Phi) is 3.06. The predicted molar refractivity (Wildman–Crippen MR) is 74.1 cm³/mol. The smallest absolute Gasteiger partial charge is 0.228 e. The van der Waals surface area contributed by atoms with Gasteiger partial charge >= 0.3 is 0 Å². The lowest BCUT2D eigenvalue weighted by molar-refractivity contribution is -0.117. The minimum absolute atomic E-state index is 0.173. The van der Waals surface area contributed by atoms with Gasteiger partial charge in [-0.1, -0.05) is 23.7 Å². The molecule has 2 aromatic rings. The highest BCUT2D eigenvalue weighted by Crippen LogP contribution is 2.30. The first-order valence-corrected chi connectivity index (χ1v) is 7.01. The van der Waals surface area contributed by atoms with Gasteiger partial charge in [0.2, 0.25) is 5.91 Å². The summed E-state index contributed by atoms with van der Waals surface area (Å²) in [5, 5.41) is 3.48. The van der Waals surface area contributed by atoms with Crippen LogP contribution < -0.4 is 4.90 Å². The lowest BCUT2D eigenvalue weighted by Gasteiger charge is -2.10. The monoisotopic (exact) mass is 278 g/mol. The minimum Gasteiger partial charge on any atom is -0.288 e. The quantitative estimate of drug-likeness (QED) is 0.841. The van der Waals surface area contributed by atoms with E-state index in [4.69, 9.17) is 11.6 Å². The third-order valence-electron chi connectivity index (χ3n) is 2.94. The SMILES string of the molecule is O=C1CCCN1c1nc(-c2ccc(Cl)cc2)cs1. The molecule has 3 rings (SSSR count). The van der Waals surface area contributed by atoms with Crippen LogP contribution in [0, 0.1) is 0 Å². The first kappa shape index (κ1) is 11.7. The number of hydrogen-bond acceptors (Lipinski definition) is 3. The summed E-state index contributed by atoms with van der Waals surface area (Å²) in [6.45, 7) is 0.784. The normalized spacial score (nSPS) is 15.4. The number of benzene rings is 1. The van der Waals surface area contributed by atoms with Gasteiger partial charge in [0.15, 0.2) is 5.13 Å². The zero-order valence-electron chi connectivity index (χ0n) is 9.60. The average molecular weight is 279 g/mol. The maximum atomic E-state index is 11.6. The van der Waals surface area contributed by atoms with Crippen molar-refractivity contribution in [1.82, 2.24) is 4.98 Å². The Morgan fingerprint density at radius 2 is 2.06 bits per heavy atom. The molecule has 5 heteroatoms. The van der Waals surface area contributed by atoms with Gasteiger partial charge in [-0.05, 0) is 18.6 Å². The molecule has 0 unspecified atom stereocenters. The lowest BCUT2D eigenvalue weighted by atomic mass is 10.2. The largest absolute Gasteiger partial charge is 0.288 e. The number of nitrogens with zero attached hydrogens (tertiary/aromatic N) is 2. The van der Waals surface area contributed by atoms with E-state index in [0.29, 0.717) is 11.4 Å². The molecular formula is C13H11ClN2OS. The first-order valence-electron chi connectivity index (χ1n) is 5.76. The van der Waals surface area contributed by atoms with Crippen molar-refractivity contribution in [2.24, 2.45) is 0 Å². The fraction of sp³-hybridized carbons (Fsp3) is 0.231. The maximum Gasteiger partial charge on any atom is 0.228 e. The number of anilines is 1. The van der Waals surface area contributed by atoms with Crippen molar-refractivity contribution in [2.75, 3.05) is 11.4 Å². The third-order valence-corrected chi connectivity index (χ3v) is 4.05. The number of carbonyl (C=O) groups excluding carboxylic acids is 1. The summed E-state index contributed by atoms with van der Waals surface area (Å²) in [5.41, 5.74) is 1.92. The van der Waals surface area contributed by atoms with Crippen molar-refractivity contribution in [3.63, 3.8) is 0 Å². The molecule has 1 saturated heterocycles. The van der Waals surface area contributed by atoms with Gasteiger partial charge in [-0.2, -0.15) is 0 Å². The molecule has 1 aliphatic rings. The van der Waals surface area contributed by atoms with E-state index >= 15 is 0 Å². The number of rotatable bonds is 2. The second-order valence-electron chi connectivity index (χ2n) is 4.17. The van der Waals surface area contributed by atoms with Gasteiger partial charge in [0.25, 0.3) is 0 Å². The summed E-state index contributed by atoms with van der Waals surface area (Å²) in [7, 11) is 0. The fourth-order valence-electron chi connectivity index (χ4n) is 1.99. The van der Waals surface area contributed by atoms with E-state index in [0.717, 1.165) is 29.4 Å². The van der Waals surface area contributed by atoms with Crippen LogP contribution in [-0.2, 0) is 4.79 Å². The van der Waals surface area contributed by atoms with Gasteiger partial charge in [0.1, 0.15) is 0 Å². The summed E-state index contributed by atoms with van der Waals surface area (Å²) in [4.78, 5) is 17.9. The van der Waals surface area contributed by atoms with Crippen molar-refractivity contribution < 1.29 is 4.79 Å². The molecular weight excluding hydrogens is 268 g/mol. The molecule has 0 aliphatic carbocycles. The van der Waals surface area contributed by atoms with E-state index in [1.807, 2.05) is 29.6 Å². The molecule has 0 saturated carbocycles. The molecule has 1 aromatic heterocycles. The number of thiazole rings is 1.